The number of carbonyl (C=O) groups is 2. The zero-order valence-electron chi connectivity index (χ0n) is 8.90. The molecule has 1 aromatic rings. The number of urea groups is 1. The van der Waals surface area contributed by atoms with Gasteiger partial charge in [-0.1, -0.05) is 24.3 Å². The first kappa shape index (κ1) is 10.7. The van der Waals surface area contributed by atoms with Crippen molar-refractivity contribution in [1.29, 1.82) is 0 Å². The van der Waals surface area contributed by atoms with E-state index in [4.69, 9.17) is 5.73 Å². The van der Waals surface area contributed by atoms with Crippen LogP contribution in [0, 0.1) is 5.92 Å². The Morgan fingerprint density at radius 3 is 2.62 bits per heavy atom. The van der Waals surface area contributed by atoms with Gasteiger partial charge in [-0.25, -0.2) is 4.79 Å². The third-order valence-electron chi connectivity index (χ3n) is 2.96. The van der Waals surface area contributed by atoms with Gasteiger partial charge in [-0.2, -0.15) is 0 Å². The van der Waals surface area contributed by atoms with Crippen LogP contribution in [-0.2, 0) is 17.6 Å². The number of amides is 3. The highest BCUT2D eigenvalue weighted by Gasteiger charge is 2.24. The van der Waals surface area contributed by atoms with Crippen LogP contribution in [0.3, 0.4) is 0 Å². The Hall–Kier alpha value is -1.84. The molecule has 0 saturated heterocycles. The molecule has 0 spiro atoms. The maximum atomic E-state index is 11.6. The van der Waals surface area contributed by atoms with Crippen LogP contribution in [-0.4, -0.2) is 11.9 Å². The molecule has 0 aromatic heterocycles. The second kappa shape index (κ2) is 4.35. The average molecular weight is 218 g/mol. The molecule has 2 rings (SSSR count). The van der Waals surface area contributed by atoms with Gasteiger partial charge in [-0.3, -0.25) is 10.1 Å². The lowest BCUT2D eigenvalue weighted by molar-refractivity contribution is -0.124. The molecule has 84 valence electrons. The Morgan fingerprint density at radius 1 is 1.25 bits per heavy atom. The van der Waals surface area contributed by atoms with Crippen molar-refractivity contribution in [2.75, 3.05) is 0 Å². The van der Waals surface area contributed by atoms with Gasteiger partial charge in [0.15, 0.2) is 0 Å². The summed E-state index contributed by atoms with van der Waals surface area (Å²) >= 11 is 0. The predicted octanol–water partition coefficient (Wildman–Crippen LogP) is 0.986. The van der Waals surface area contributed by atoms with E-state index in [2.05, 4.69) is 11.4 Å². The second-order valence-electron chi connectivity index (χ2n) is 4.06. The van der Waals surface area contributed by atoms with E-state index >= 15 is 0 Å². The SMILES string of the molecule is NC(=O)NC(=O)C1CCc2ccccc2C1. The van der Waals surface area contributed by atoms with Crippen LogP contribution in [0.25, 0.3) is 0 Å². The van der Waals surface area contributed by atoms with Crippen LogP contribution < -0.4 is 11.1 Å². The molecule has 3 N–H and O–H groups in total. The van der Waals surface area contributed by atoms with E-state index in [1.165, 1.54) is 11.1 Å². The van der Waals surface area contributed by atoms with Crippen LogP contribution in [0.15, 0.2) is 24.3 Å². The summed E-state index contributed by atoms with van der Waals surface area (Å²) in [6, 6.07) is 7.30. The van der Waals surface area contributed by atoms with Gasteiger partial charge < -0.3 is 5.73 Å². The molecule has 0 saturated carbocycles. The molecule has 4 heteroatoms. The Bertz CT molecular complexity index is 429. The van der Waals surface area contributed by atoms with Gasteiger partial charge in [0.1, 0.15) is 0 Å². The monoisotopic (exact) mass is 218 g/mol. The molecule has 0 bridgehead atoms. The first-order valence-corrected chi connectivity index (χ1v) is 5.34. The number of aryl methyl sites for hydroxylation is 1. The average Bonchev–Trinajstić information content (AvgIpc) is 2.27. The van der Waals surface area contributed by atoms with Crippen molar-refractivity contribution in [1.82, 2.24) is 5.32 Å². The number of rotatable bonds is 1. The molecule has 0 fully saturated rings. The summed E-state index contributed by atoms with van der Waals surface area (Å²) in [5.74, 6) is -0.399. The van der Waals surface area contributed by atoms with Crippen molar-refractivity contribution in [3.05, 3.63) is 35.4 Å². The summed E-state index contributed by atoms with van der Waals surface area (Å²) < 4.78 is 0. The van der Waals surface area contributed by atoms with Crippen molar-refractivity contribution < 1.29 is 9.59 Å². The molecule has 0 heterocycles. The third kappa shape index (κ3) is 2.21. The zero-order valence-corrected chi connectivity index (χ0v) is 8.90. The minimum Gasteiger partial charge on any atom is -0.351 e. The Balaban J connectivity index is 2.08. The quantitative estimate of drug-likeness (QED) is 0.737. The fourth-order valence-corrected chi connectivity index (χ4v) is 2.15. The number of carbonyl (C=O) groups excluding carboxylic acids is 2. The normalized spacial score (nSPS) is 18.6. The number of benzene rings is 1. The summed E-state index contributed by atoms with van der Waals surface area (Å²) in [5, 5.41) is 2.14. The highest BCUT2D eigenvalue weighted by Crippen LogP contribution is 2.25. The molecule has 1 unspecified atom stereocenters. The minimum absolute atomic E-state index is 0.137. The number of hydrogen-bond donors (Lipinski definition) is 2. The number of nitrogens with one attached hydrogen (secondary N) is 1. The first-order chi connectivity index (χ1) is 7.66. The van der Waals surface area contributed by atoms with Gasteiger partial charge in [0.05, 0.1) is 0 Å². The molecule has 1 aromatic carbocycles. The number of primary amides is 1. The summed E-state index contributed by atoms with van der Waals surface area (Å²) in [4.78, 5) is 22.2. The summed E-state index contributed by atoms with van der Waals surface area (Å²) in [6.45, 7) is 0. The molecular weight excluding hydrogens is 204 g/mol. The van der Waals surface area contributed by atoms with Crippen LogP contribution in [0.1, 0.15) is 17.5 Å². The number of nitrogens with two attached hydrogens (primary N) is 1. The lowest BCUT2D eigenvalue weighted by Gasteiger charge is -2.23. The van der Waals surface area contributed by atoms with E-state index in [1.54, 1.807) is 0 Å². The maximum Gasteiger partial charge on any atom is 0.318 e. The number of hydrogen-bond acceptors (Lipinski definition) is 2. The molecule has 1 aliphatic carbocycles. The molecule has 0 radical (unpaired) electrons. The van der Waals surface area contributed by atoms with E-state index in [1.807, 2.05) is 18.2 Å². The summed E-state index contributed by atoms with van der Waals surface area (Å²) in [7, 11) is 0. The zero-order chi connectivity index (χ0) is 11.5. The van der Waals surface area contributed by atoms with Crippen molar-refractivity contribution in [2.24, 2.45) is 11.7 Å². The van der Waals surface area contributed by atoms with E-state index < -0.39 is 6.03 Å². The van der Waals surface area contributed by atoms with Crippen molar-refractivity contribution in [2.45, 2.75) is 19.3 Å². The van der Waals surface area contributed by atoms with Gasteiger partial charge in [0.25, 0.3) is 0 Å². The lowest BCUT2D eigenvalue weighted by Crippen LogP contribution is -2.40. The predicted molar refractivity (Wildman–Crippen MR) is 59.7 cm³/mol. The first-order valence-electron chi connectivity index (χ1n) is 5.34. The van der Waals surface area contributed by atoms with Crippen molar-refractivity contribution in [3.8, 4) is 0 Å². The second-order valence-corrected chi connectivity index (χ2v) is 4.06. The Kier molecular flexibility index (Phi) is 2.90. The van der Waals surface area contributed by atoms with E-state index in [0.717, 1.165) is 12.8 Å². The smallest absolute Gasteiger partial charge is 0.318 e. The maximum absolute atomic E-state index is 11.6. The third-order valence-corrected chi connectivity index (χ3v) is 2.96. The van der Waals surface area contributed by atoms with Crippen LogP contribution in [0.5, 0.6) is 0 Å². The Morgan fingerprint density at radius 2 is 1.94 bits per heavy atom. The number of imide groups is 1. The lowest BCUT2D eigenvalue weighted by atomic mass is 9.83. The summed E-state index contributed by atoms with van der Waals surface area (Å²) in [5.41, 5.74) is 7.41. The summed E-state index contributed by atoms with van der Waals surface area (Å²) in [6.07, 6.45) is 2.35. The van der Waals surface area contributed by atoms with Crippen molar-refractivity contribution in [3.63, 3.8) is 0 Å². The minimum atomic E-state index is -0.774. The van der Waals surface area contributed by atoms with Gasteiger partial charge in [0.2, 0.25) is 5.91 Å². The number of fused-ring (bicyclic) bond motifs is 1. The molecule has 1 aliphatic rings. The van der Waals surface area contributed by atoms with E-state index in [9.17, 15) is 9.59 Å². The van der Waals surface area contributed by atoms with Crippen molar-refractivity contribution >= 4 is 11.9 Å². The molecule has 1 atom stereocenters. The van der Waals surface area contributed by atoms with Gasteiger partial charge >= 0.3 is 6.03 Å². The fourth-order valence-electron chi connectivity index (χ4n) is 2.15. The molecular formula is C12H14N2O2. The highest BCUT2D eigenvalue weighted by atomic mass is 16.2. The topological polar surface area (TPSA) is 72.2 Å². The molecule has 4 nitrogen and oxygen atoms in total. The van der Waals surface area contributed by atoms with Crippen LogP contribution >= 0.6 is 0 Å². The fraction of sp³-hybridized carbons (Fsp3) is 0.333. The van der Waals surface area contributed by atoms with Gasteiger partial charge in [-0.15, -0.1) is 0 Å². The van der Waals surface area contributed by atoms with E-state index in [-0.39, 0.29) is 11.8 Å². The van der Waals surface area contributed by atoms with Crippen LogP contribution in [0.4, 0.5) is 4.79 Å². The van der Waals surface area contributed by atoms with Gasteiger partial charge in [-0.05, 0) is 30.4 Å². The molecule has 3 amide bonds. The molecule has 0 aliphatic heterocycles. The van der Waals surface area contributed by atoms with Gasteiger partial charge in [0, 0.05) is 5.92 Å². The highest BCUT2D eigenvalue weighted by molar-refractivity contribution is 5.94. The standard InChI is InChI=1S/C12H14N2O2/c13-12(16)14-11(15)10-6-5-8-3-1-2-4-9(8)7-10/h1-4,10H,5-7H2,(H3,13,14,15,16). The largest absolute Gasteiger partial charge is 0.351 e. The van der Waals surface area contributed by atoms with E-state index in [0.29, 0.717) is 6.42 Å². The van der Waals surface area contributed by atoms with Crippen LogP contribution in [0.2, 0.25) is 0 Å². The Labute approximate surface area is 93.8 Å². The molecule has 16 heavy (non-hydrogen) atoms.